The Bertz CT molecular complexity index is 757. The van der Waals surface area contributed by atoms with E-state index in [1.807, 2.05) is 31.3 Å². The van der Waals surface area contributed by atoms with Crippen molar-refractivity contribution in [3.8, 4) is 0 Å². The fourth-order valence-corrected chi connectivity index (χ4v) is 3.17. The second-order valence-electron chi connectivity index (χ2n) is 6.62. The molecule has 1 atom stereocenters. The average molecular weight is 340 g/mol. The fraction of sp³-hybridized carbons (Fsp3) is 0.421. The van der Waals surface area contributed by atoms with E-state index in [1.165, 1.54) is 18.4 Å². The van der Waals surface area contributed by atoms with Gasteiger partial charge >= 0.3 is 0 Å². The molecule has 6 nitrogen and oxygen atoms in total. The minimum absolute atomic E-state index is 0.0303. The van der Waals surface area contributed by atoms with Gasteiger partial charge in [-0.25, -0.2) is 4.98 Å². The molecule has 1 N–H and O–H groups in total. The highest BCUT2D eigenvalue weighted by atomic mass is 16.6. The number of aryl methyl sites for hydroxylation is 1. The van der Waals surface area contributed by atoms with Crippen LogP contribution in [0.1, 0.15) is 42.5 Å². The van der Waals surface area contributed by atoms with E-state index in [1.54, 1.807) is 13.0 Å². The van der Waals surface area contributed by atoms with E-state index in [2.05, 4.69) is 21.3 Å². The first-order chi connectivity index (χ1) is 12.0. The van der Waals surface area contributed by atoms with Crippen LogP contribution in [0.15, 0.2) is 36.5 Å². The Morgan fingerprint density at radius 3 is 2.76 bits per heavy atom. The molecule has 1 saturated heterocycles. The first-order valence-corrected chi connectivity index (χ1v) is 8.73. The molecular weight excluding hydrogens is 316 g/mol. The van der Waals surface area contributed by atoms with E-state index >= 15 is 0 Å². The molecule has 132 valence electrons. The van der Waals surface area contributed by atoms with Crippen molar-refractivity contribution in [3.63, 3.8) is 0 Å². The second kappa shape index (κ2) is 7.61. The number of hydrogen-bond acceptors (Lipinski definition) is 5. The highest BCUT2D eigenvalue weighted by molar-refractivity contribution is 5.44. The highest BCUT2D eigenvalue weighted by Crippen LogP contribution is 2.24. The summed E-state index contributed by atoms with van der Waals surface area (Å²) < 4.78 is 0. The molecule has 0 saturated carbocycles. The molecule has 0 spiro atoms. The number of hydrogen-bond donors (Lipinski definition) is 1. The predicted molar refractivity (Wildman–Crippen MR) is 98.8 cm³/mol. The third-order valence-corrected chi connectivity index (χ3v) is 4.78. The van der Waals surface area contributed by atoms with Crippen LogP contribution in [-0.4, -0.2) is 23.0 Å². The van der Waals surface area contributed by atoms with E-state index < -0.39 is 0 Å². The first kappa shape index (κ1) is 17.4. The lowest BCUT2D eigenvalue weighted by Crippen LogP contribution is -2.21. The Balaban J connectivity index is 1.66. The van der Waals surface area contributed by atoms with E-state index in [-0.39, 0.29) is 16.7 Å². The van der Waals surface area contributed by atoms with Gasteiger partial charge in [-0.2, -0.15) is 0 Å². The zero-order valence-electron chi connectivity index (χ0n) is 14.7. The van der Waals surface area contributed by atoms with Crippen molar-refractivity contribution >= 4 is 11.5 Å². The summed E-state index contributed by atoms with van der Waals surface area (Å²) in [5.41, 5.74) is 2.95. The van der Waals surface area contributed by atoms with Crippen molar-refractivity contribution in [2.24, 2.45) is 0 Å². The van der Waals surface area contributed by atoms with Gasteiger partial charge in [0.1, 0.15) is 5.82 Å². The van der Waals surface area contributed by atoms with Crippen LogP contribution in [0, 0.1) is 17.0 Å². The zero-order chi connectivity index (χ0) is 17.8. The number of anilines is 1. The van der Waals surface area contributed by atoms with Gasteiger partial charge in [0.2, 0.25) is 0 Å². The van der Waals surface area contributed by atoms with Crippen LogP contribution in [0.25, 0.3) is 0 Å². The van der Waals surface area contributed by atoms with Gasteiger partial charge < -0.3 is 10.2 Å². The fourth-order valence-electron chi connectivity index (χ4n) is 3.17. The minimum atomic E-state index is -0.323. The monoisotopic (exact) mass is 340 g/mol. The molecule has 2 heterocycles. The van der Waals surface area contributed by atoms with E-state index in [9.17, 15) is 10.1 Å². The number of nitrogens with one attached hydrogen (secondary N) is 1. The van der Waals surface area contributed by atoms with Crippen LogP contribution in [0.2, 0.25) is 0 Å². The molecule has 3 rings (SSSR count). The summed E-state index contributed by atoms with van der Waals surface area (Å²) in [7, 11) is 0. The predicted octanol–water partition coefficient (Wildman–Crippen LogP) is 3.75. The van der Waals surface area contributed by atoms with Gasteiger partial charge in [0.25, 0.3) is 5.69 Å². The summed E-state index contributed by atoms with van der Waals surface area (Å²) in [6, 6.07) is 9.59. The molecule has 25 heavy (non-hydrogen) atoms. The number of benzene rings is 1. The number of aromatic nitrogens is 1. The second-order valence-corrected chi connectivity index (χ2v) is 6.62. The zero-order valence-corrected chi connectivity index (χ0v) is 14.7. The SMILES string of the molecule is Cc1ccc(C(C)NCc2ccnc(N3CCCC3)c2)cc1[N+](=O)[O-]. The summed E-state index contributed by atoms with van der Waals surface area (Å²) in [6.07, 6.45) is 4.31. The summed E-state index contributed by atoms with van der Waals surface area (Å²) in [5.74, 6) is 1.04. The quantitative estimate of drug-likeness (QED) is 0.640. The van der Waals surface area contributed by atoms with Crippen LogP contribution in [-0.2, 0) is 6.54 Å². The van der Waals surface area contributed by atoms with Crippen LogP contribution in [0.5, 0.6) is 0 Å². The summed E-state index contributed by atoms with van der Waals surface area (Å²) >= 11 is 0. The largest absolute Gasteiger partial charge is 0.357 e. The lowest BCUT2D eigenvalue weighted by atomic mass is 10.0. The van der Waals surface area contributed by atoms with Gasteiger partial charge in [-0.05, 0) is 49.9 Å². The van der Waals surface area contributed by atoms with Crippen molar-refractivity contribution in [2.75, 3.05) is 18.0 Å². The van der Waals surface area contributed by atoms with E-state index in [0.29, 0.717) is 12.1 Å². The molecule has 1 fully saturated rings. The Kier molecular flexibility index (Phi) is 5.28. The van der Waals surface area contributed by atoms with Crippen LogP contribution >= 0.6 is 0 Å². The minimum Gasteiger partial charge on any atom is -0.357 e. The Morgan fingerprint density at radius 1 is 1.28 bits per heavy atom. The molecule has 0 bridgehead atoms. The average Bonchev–Trinajstić information content (AvgIpc) is 3.15. The molecule has 1 unspecified atom stereocenters. The molecule has 0 aliphatic carbocycles. The summed E-state index contributed by atoms with van der Waals surface area (Å²) in [6.45, 7) is 6.64. The van der Waals surface area contributed by atoms with Crippen molar-refractivity contribution in [1.82, 2.24) is 10.3 Å². The van der Waals surface area contributed by atoms with Gasteiger partial charge in [0.05, 0.1) is 4.92 Å². The Labute approximate surface area is 148 Å². The van der Waals surface area contributed by atoms with Crippen molar-refractivity contribution in [1.29, 1.82) is 0 Å². The topological polar surface area (TPSA) is 71.3 Å². The van der Waals surface area contributed by atoms with Crippen molar-refractivity contribution in [3.05, 3.63) is 63.3 Å². The number of rotatable bonds is 6. The maximum absolute atomic E-state index is 11.1. The molecule has 0 radical (unpaired) electrons. The molecule has 2 aromatic rings. The Hall–Kier alpha value is -2.47. The van der Waals surface area contributed by atoms with Crippen LogP contribution in [0.4, 0.5) is 11.5 Å². The van der Waals surface area contributed by atoms with Gasteiger partial charge in [-0.1, -0.05) is 12.1 Å². The van der Waals surface area contributed by atoms with Crippen LogP contribution in [0.3, 0.4) is 0 Å². The lowest BCUT2D eigenvalue weighted by molar-refractivity contribution is -0.385. The molecule has 1 aliphatic heterocycles. The summed E-state index contributed by atoms with van der Waals surface area (Å²) in [5, 5.41) is 14.6. The summed E-state index contributed by atoms with van der Waals surface area (Å²) in [4.78, 5) is 17.6. The van der Waals surface area contributed by atoms with Gasteiger partial charge in [-0.15, -0.1) is 0 Å². The maximum atomic E-state index is 11.1. The highest BCUT2D eigenvalue weighted by Gasteiger charge is 2.15. The standard InChI is InChI=1S/C19H24N4O2/c1-14-5-6-17(12-18(14)23(24)25)15(2)21-13-16-7-8-20-19(11-16)22-9-3-4-10-22/h5-8,11-12,15,21H,3-4,9-10,13H2,1-2H3. The molecule has 6 heteroatoms. The number of nitro benzene ring substituents is 1. The van der Waals surface area contributed by atoms with Gasteiger partial charge in [0, 0.05) is 43.5 Å². The molecule has 0 amide bonds. The first-order valence-electron chi connectivity index (χ1n) is 8.73. The smallest absolute Gasteiger partial charge is 0.272 e. The van der Waals surface area contributed by atoms with E-state index in [0.717, 1.165) is 24.5 Å². The molecular formula is C19H24N4O2. The maximum Gasteiger partial charge on any atom is 0.272 e. The number of nitrogens with zero attached hydrogens (tertiary/aromatic N) is 3. The molecule has 1 aromatic carbocycles. The van der Waals surface area contributed by atoms with E-state index in [4.69, 9.17) is 0 Å². The van der Waals surface area contributed by atoms with Crippen molar-refractivity contribution < 1.29 is 4.92 Å². The normalized spacial score (nSPS) is 15.4. The Morgan fingerprint density at radius 2 is 2.04 bits per heavy atom. The number of nitro groups is 1. The van der Waals surface area contributed by atoms with Gasteiger partial charge in [-0.3, -0.25) is 10.1 Å². The lowest BCUT2D eigenvalue weighted by Gasteiger charge is -2.18. The molecule has 1 aliphatic rings. The van der Waals surface area contributed by atoms with Gasteiger partial charge in [0.15, 0.2) is 0 Å². The molecule has 1 aromatic heterocycles. The van der Waals surface area contributed by atoms with Crippen LogP contribution < -0.4 is 10.2 Å². The third kappa shape index (κ3) is 4.14. The third-order valence-electron chi connectivity index (χ3n) is 4.78. The number of pyridine rings is 1. The van der Waals surface area contributed by atoms with Crippen molar-refractivity contribution in [2.45, 2.75) is 39.3 Å².